The van der Waals surface area contributed by atoms with E-state index in [0.717, 1.165) is 6.26 Å². The van der Waals surface area contributed by atoms with Crippen LogP contribution in [0.15, 0.2) is 70.1 Å². The Morgan fingerprint density at radius 2 is 1.82 bits per heavy atom. The molecule has 10 heteroatoms. The molecule has 2 aromatic carbocycles. The molecule has 2 heterocycles. The molecule has 0 aliphatic rings. The van der Waals surface area contributed by atoms with Crippen molar-refractivity contribution in [2.45, 2.75) is 13.0 Å². The Labute approximate surface area is 205 Å². The average molecular weight is 546 g/mol. The Morgan fingerprint density at radius 3 is 2.47 bits per heavy atom. The third-order valence-corrected chi connectivity index (χ3v) is 6.69. The van der Waals surface area contributed by atoms with E-state index in [0.29, 0.717) is 45.0 Å². The lowest BCUT2D eigenvalue weighted by molar-refractivity contribution is 0.310. The maximum absolute atomic E-state index is 13.9. The number of sulfone groups is 1. The van der Waals surface area contributed by atoms with Gasteiger partial charge in [-0.2, -0.15) is 0 Å². The van der Waals surface area contributed by atoms with Crippen LogP contribution < -0.4 is 15.2 Å². The molecule has 1 atom stereocenters. The van der Waals surface area contributed by atoms with Crippen LogP contribution in [0.1, 0.15) is 18.5 Å². The number of aromatic nitrogens is 3. The quantitative estimate of drug-likeness (QED) is 0.332. The van der Waals surface area contributed by atoms with Crippen LogP contribution in [0.3, 0.4) is 0 Å². The topological polar surface area (TPSA) is 92.4 Å². The Bertz CT molecular complexity index is 1500. The van der Waals surface area contributed by atoms with Gasteiger partial charge in [0.05, 0.1) is 36.7 Å². The molecule has 0 N–H and O–H groups in total. The van der Waals surface area contributed by atoms with Crippen molar-refractivity contribution in [1.29, 1.82) is 0 Å². The minimum Gasteiger partial charge on any atom is -0.493 e. The van der Waals surface area contributed by atoms with E-state index < -0.39 is 21.6 Å². The number of methoxy groups -OCH3 is 1. The van der Waals surface area contributed by atoms with Crippen LogP contribution in [-0.4, -0.2) is 48.3 Å². The van der Waals surface area contributed by atoms with Crippen molar-refractivity contribution in [3.8, 4) is 17.2 Å². The van der Waals surface area contributed by atoms with Gasteiger partial charge in [0.1, 0.15) is 9.84 Å². The zero-order valence-electron chi connectivity index (χ0n) is 18.9. The molecule has 34 heavy (non-hydrogen) atoms. The summed E-state index contributed by atoms with van der Waals surface area (Å²) in [5.41, 5.74) is 1.78. The molecule has 0 radical (unpaired) electrons. The van der Waals surface area contributed by atoms with Gasteiger partial charge in [0, 0.05) is 16.9 Å². The number of rotatable bonds is 8. The van der Waals surface area contributed by atoms with E-state index in [-0.39, 0.29) is 5.75 Å². The number of para-hydroxylation sites is 1. The van der Waals surface area contributed by atoms with Gasteiger partial charge < -0.3 is 9.47 Å². The Hall–Kier alpha value is -3.11. The number of pyridine rings is 1. The van der Waals surface area contributed by atoms with Crippen molar-refractivity contribution >= 4 is 36.9 Å². The third kappa shape index (κ3) is 4.74. The molecule has 4 aromatic rings. The van der Waals surface area contributed by atoms with E-state index in [4.69, 9.17) is 9.47 Å². The average Bonchev–Trinajstić information content (AvgIpc) is 3.08. The maximum Gasteiger partial charge on any atom is 0.335 e. The molecule has 0 aliphatic heterocycles. The minimum absolute atomic E-state index is 0.295. The van der Waals surface area contributed by atoms with Crippen LogP contribution in [0.4, 0.5) is 0 Å². The molecule has 0 spiro atoms. The molecule has 0 fully saturated rings. The van der Waals surface area contributed by atoms with Crippen molar-refractivity contribution in [3.63, 3.8) is 0 Å². The van der Waals surface area contributed by atoms with Crippen LogP contribution >= 0.6 is 15.9 Å². The highest BCUT2D eigenvalue weighted by molar-refractivity contribution is 9.10. The van der Waals surface area contributed by atoms with Crippen molar-refractivity contribution < 1.29 is 17.9 Å². The molecular weight excluding hydrogens is 522 g/mol. The molecule has 0 aliphatic carbocycles. The van der Waals surface area contributed by atoms with Crippen molar-refractivity contribution in [2.24, 2.45) is 0 Å². The number of hydrogen-bond acceptors (Lipinski definition) is 6. The lowest BCUT2D eigenvalue weighted by Crippen LogP contribution is -2.31. The fourth-order valence-corrected chi connectivity index (χ4v) is 5.19. The highest BCUT2D eigenvalue weighted by Gasteiger charge is 2.28. The van der Waals surface area contributed by atoms with Gasteiger partial charge in [0.2, 0.25) is 0 Å². The van der Waals surface area contributed by atoms with Gasteiger partial charge in [-0.15, -0.1) is 0 Å². The van der Waals surface area contributed by atoms with Crippen LogP contribution in [0.25, 0.3) is 16.9 Å². The summed E-state index contributed by atoms with van der Waals surface area (Å²) in [5.74, 6) is 0.692. The first-order valence-electron chi connectivity index (χ1n) is 10.6. The molecule has 178 valence electrons. The fraction of sp³-hybridized carbons (Fsp3) is 0.250. The Kier molecular flexibility index (Phi) is 6.81. The normalized spacial score (nSPS) is 12.6. The molecule has 0 saturated heterocycles. The van der Waals surface area contributed by atoms with Gasteiger partial charge in [-0.3, -0.25) is 9.13 Å². The molecule has 0 unspecified atom stereocenters. The minimum atomic E-state index is -3.49. The molecule has 0 saturated carbocycles. The number of imidazole rings is 1. The summed E-state index contributed by atoms with van der Waals surface area (Å²) in [6.07, 6.45) is 2.74. The molecule has 0 bridgehead atoms. The zero-order valence-corrected chi connectivity index (χ0v) is 21.3. The van der Waals surface area contributed by atoms with E-state index in [9.17, 15) is 13.2 Å². The van der Waals surface area contributed by atoms with Crippen LogP contribution in [-0.2, 0) is 9.84 Å². The highest BCUT2D eigenvalue weighted by Crippen LogP contribution is 2.33. The smallest absolute Gasteiger partial charge is 0.335 e. The fourth-order valence-electron chi connectivity index (χ4n) is 3.96. The van der Waals surface area contributed by atoms with Gasteiger partial charge >= 0.3 is 5.69 Å². The summed E-state index contributed by atoms with van der Waals surface area (Å²) < 4.78 is 39.7. The second-order valence-electron chi connectivity index (χ2n) is 7.77. The maximum atomic E-state index is 13.9. The largest absolute Gasteiger partial charge is 0.493 e. The highest BCUT2D eigenvalue weighted by atomic mass is 79.9. The summed E-state index contributed by atoms with van der Waals surface area (Å²) in [6.45, 7) is 2.25. The van der Waals surface area contributed by atoms with Crippen molar-refractivity contribution in [2.75, 3.05) is 25.7 Å². The third-order valence-electron chi connectivity index (χ3n) is 5.34. The van der Waals surface area contributed by atoms with Gasteiger partial charge in [0.15, 0.2) is 17.1 Å². The summed E-state index contributed by atoms with van der Waals surface area (Å²) in [5, 5.41) is 0. The Morgan fingerprint density at radius 1 is 1.09 bits per heavy atom. The van der Waals surface area contributed by atoms with E-state index in [1.807, 2.05) is 37.3 Å². The number of nitrogens with zero attached hydrogens (tertiary/aromatic N) is 3. The summed E-state index contributed by atoms with van der Waals surface area (Å²) in [4.78, 5) is 18.4. The van der Waals surface area contributed by atoms with E-state index in [1.54, 1.807) is 30.5 Å². The number of benzene rings is 2. The lowest BCUT2D eigenvalue weighted by Gasteiger charge is -2.20. The van der Waals surface area contributed by atoms with E-state index >= 15 is 0 Å². The number of halogens is 1. The molecular formula is C24H24BrN3O5S. The second kappa shape index (κ2) is 9.63. The van der Waals surface area contributed by atoms with Crippen LogP contribution in [0.5, 0.6) is 11.5 Å². The van der Waals surface area contributed by atoms with Gasteiger partial charge in [-0.05, 0) is 58.7 Å². The van der Waals surface area contributed by atoms with Crippen LogP contribution in [0, 0.1) is 0 Å². The first-order chi connectivity index (χ1) is 16.2. The van der Waals surface area contributed by atoms with Gasteiger partial charge in [-0.1, -0.05) is 24.3 Å². The van der Waals surface area contributed by atoms with Crippen LogP contribution in [0.2, 0.25) is 0 Å². The zero-order chi connectivity index (χ0) is 24.5. The summed E-state index contributed by atoms with van der Waals surface area (Å²) >= 11 is 3.43. The number of fused-ring (bicyclic) bond motifs is 1. The Balaban J connectivity index is 2.03. The number of ether oxygens (including phenoxy) is 2. The summed E-state index contributed by atoms with van der Waals surface area (Å²) in [7, 11) is -1.95. The molecule has 4 rings (SSSR count). The van der Waals surface area contributed by atoms with Crippen molar-refractivity contribution in [1.82, 2.24) is 14.1 Å². The SMILES string of the molecule is CCOc1cc([C@@H](CS(C)(=O)=O)n2c(=O)n(-c3ccccc3)c3cc(Br)cnc32)ccc1OC. The number of hydrogen-bond donors (Lipinski definition) is 0. The first-order valence-corrected chi connectivity index (χ1v) is 13.4. The molecule has 0 amide bonds. The van der Waals surface area contributed by atoms with Crippen molar-refractivity contribution in [3.05, 3.63) is 81.3 Å². The standard InChI is InChI=1S/C24H24BrN3O5S/c1-4-33-22-12-16(10-11-21(22)32-2)20(15-34(3,30)31)28-23-19(13-17(25)14-26-23)27(24(28)29)18-8-6-5-7-9-18/h5-14,20H,4,15H2,1-3H3/t20-/m1/s1. The lowest BCUT2D eigenvalue weighted by atomic mass is 10.1. The van der Waals surface area contributed by atoms with E-state index in [1.165, 1.54) is 16.2 Å². The molecule has 2 aromatic heterocycles. The first kappa shape index (κ1) is 24.0. The van der Waals surface area contributed by atoms with E-state index in [2.05, 4.69) is 20.9 Å². The van der Waals surface area contributed by atoms with Gasteiger partial charge in [-0.25, -0.2) is 18.2 Å². The van der Waals surface area contributed by atoms with Gasteiger partial charge in [0.25, 0.3) is 0 Å². The summed E-state index contributed by atoms with van der Waals surface area (Å²) in [6, 6.07) is 15.3. The predicted molar refractivity (Wildman–Crippen MR) is 135 cm³/mol. The molecule has 8 nitrogen and oxygen atoms in total. The monoisotopic (exact) mass is 545 g/mol. The second-order valence-corrected chi connectivity index (χ2v) is 10.9. The predicted octanol–water partition coefficient (Wildman–Crippen LogP) is 3.99.